The zero-order valence-electron chi connectivity index (χ0n) is 35.4. The zero-order valence-corrected chi connectivity index (χ0v) is 38.5. The summed E-state index contributed by atoms with van der Waals surface area (Å²) >= 11 is 15.4. The molecule has 0 aromatic heterocycles. The molecule has 22 heteroatoms. The molecular weight excluding hydrogens is 931 g/mol. The van der Waals surface area contributed by atoms with Crippen LogP contribution >= 0.6 is 39.1 Å². The highest BCUT2D eigenvalue weighted by molar-refractivity contribution is 9.09. The summed E-state index contributed by atoms with van der Waals surface area (Å²) in [5.41, 5.74) is -0.351. The van der Waals surface area contributed by atoms with Gasteiger partial charge in [0, 0.05) is 44.0 Å². The van der Waals surface area contributed by atoms with E-state index >= 15 is 0 Å². The number of benzene rings is 2. The van der Waals surface area contributed by atoms with Gasteiger partial charge >= 0.3 is 11.9 Å². The molecule has 6 unspecified atom stereocenters. The zero-order chi connectivity index (χ0) is 46.7. The Hall–Kier alpha value is -3.44. The van der Waals surface area contributed by atoms with Crippen molar-refractivity contribution in [1.29, 1.82) is 0 Å². The van der Waals surface area contributed by atoms with E-state index in [-0.39, 0.29) is 80.7 Å². The van der Waals surface area contributed by atoms with Crippen LogP contribution in [0.3, 0.4) is 0 Å². The molecule has 0 aliphatic carbocycles. The summed E-state index contributed by atoms with van der Waals surface area (Å²) in [4.78, 5) is 42.1. The van der Waals surface area contributed by atoms with E-state index in [4.69, 9.17) is 61.5 Å². The largest absolute Gasteiger partial charge is 0.463 e. The SMILES string of the molecule is CC(=O)OCC1O[C@@H](Oc2ccc([N+](=O)[O-])cc2Cl)C(C)[C@@H](C)[C@@H]1C.CC(=O)OCC1O[C@H](Br)C(C)[C@@H](C)[C@@H]1C.O=[N+]([O-])c1ccc(O[C@@H]2OC(CO)[C@@H](O)[C@H](O)C2O)c(Cl)c1. The highest BCUT2D eigenvalue weighted by Gasteiger charge is 2.45. The number of rotatable bonds is 11. The Morgan fingerprint density at radius 2 is 1.06 bits per heavy atom. The number of aliphatic hydroxyl groups excluding tert-OH is 4. The van der Waals surface area contributed by atoms with Crippen LogP contribution in [-0.4, -0.2) is 116 Å². The van der Waals surface area contributed by atoms with Gasteiger partial charge in [0.25, 0.3) is 11.4 Å². The lowest BCUT2D eigenvalue weighted by atomic mass is 9.79. The van der Waals surface area contributed by atoms with Crippen molar-refractivity contribution >= 4 is 62.4 Å². The fraction of sp³-hybridized carbons (Fsp3) is 0.650. The summed E-state index contributed by atoms with van der Waals surface area (Å²) in [6, 6.07) is 7.44. The number of aliphatic hydroxyl groups is 4. The summed E-state index contributed by atoms with van der Waals surface area (Å²) in [7, 11) is 0. The number of halogens is 3. The average molecular weight is 987 g/mol. The number of alkyl halides is 1. The lowest BCUT2D eigenvalue weighted by Gasteiger charge is -2.43. The van der Waals surface area contributed by atoms with Gasteiger partial charge in [0.15, 0.2) is 0 Å². The minimum Gasteiger partial charge on any atom is -0.463 e. The van der Waals surface area contributed by atoms with E-state index in [1.54, 1.807) is 0 Å². The van der Waals surface area contributed by atoms with E-state index < -0.39 is 53.4 Å². The van der Waals surface area contributed by atoms with Gasteiger partial charge in [-0.05, 0) is 41.7 Å². The minimum absolute atomic E-state index is 0.00414. The summed E-state index contributed by atoms with van der Waals surface area (Å²) in [6.07, 6.45) is -8.11. The second-order valence-corrected chi connectivity index (χ2v) is 17.2. The van der Waals surface area contributed by atoms with Gasteiger partial charge in [0.2, 0.25) is 12.6 Å². The molecule has 0 radical (unpaired) electrons. The van der Waals surface area contributed by atoms with Gasteiger partial charge in [-0.2, -0.15) is 0 Å². The fourth-order valence-corrected chi connectivity index (χ4v) is 7.88. The van der Waals surface area contributed by atoms with Crippen LogP contribution in [-0.2, 0) is 33.3 Å². The summed E-state index contributed by atoms with van der Waals surface area (Å²) in [5.74, 6) is 1.65. The Morgan fingerprint density at radius 1 is 0.645 bits per heavy atom. The third-order valence-corrected chi connectivity index (χ3v) is 13.1. The van der Waals surface area contributed by atoms with Crippen molar-refractivity contribution in [3.63, 3.8) is 0 Å². The predicted molar refractivity (Wildman–Crippen MR) is 226 cm³/mol. The highest BCUT2D eigenvalue weighted by atomic mass is 79.9. The lowest BCUT2D eigenvalue weighted by molar-refractivity contribution is -0.385. The van der Waals surface area contributed by atoms with Gasteiger partial charge in [0.05, 0.1) is 38.7 Å². The first kappa shape index (κ1) is 52.9. The van der Waals surface area contributed by atoms with Gasteiger partial charge < -0.3 is 53.6 Å². The molecule has 0 bridgehead atoms. The van der Waals surface area contributed by atoms with Gasteiger partial charge in [-0.25, -0.2) is 0 Å². The number of carbonyl (C=O) groups is 2. The minimum atomic E-state index is -1.59. The molecule has 5 rings (SSSR count). The molecule has 3 saturated heterocycles. The molecule has 0 amide bonds. The number of non-ortho nitro benzene ring substituents is 2. The molecule has 3 aliphatic rings. The molecular formula is C40H55BrCl2N2O17. The normalized spacial score (nSPS) is 33.0. The van der Waals surface area contributed by atoms with E-state index in [9.17, 15) is 45.1 Å². The third-order valence-electron chi connectivity index (χ3n) is 11.4. The first-order chi connectivity index (χ1) is 29.0. The molecule has 3 aliphatic heterocycles. The number of carbonyl (C=O) groups excluding carboxylic acids is 2. The van der Waals surface area contributed by atoms with E-state index in [0.717, 1.165) is 12.1 Å². The molecule has 3 heterocycles. The molecule has 4 N–H and O–H groups in total. The summed E-state index contributed by atoms with van der Waals surface area (Å²) in [6.45, 7) is 15.4. The molecule has 19 nitrogen and oxygen atoms in total. The van der Waals surface area contributed by atoms with Crippen molar-refractivity contribution in [3.8, 4) is 11.5 Å². The van der Waals surface area contributed by atoms with E-state index in [1.807, 2.05) is 13.8 Å². The van der Waals surface area contributed by atoms with Crippen LogP contribution in [0.5, 0.6) is 11.5 Å². The predicted octanol–water partition coefficient (Wildman–Crippen LogP) is 5.83. The van der Waals surface area contributed by atoms with Crippen molar-refractivity contribution in [3.05, 3.63) is 66.7 Å². The van der Waals surface area contributed by atoms with Crippen LogP contribution in [0.2, 0.25) is 10.0 Å². The standard InChI is InChI=1S/C17H22ClNO6.C12H14ClNO8.C11H19BrO3/c1-9-10(2)16(8-23-12(4)20)25-17(11(9)3)24-15-6-5-13(19(21)22)7-14(15)18;13-6-3-5(14(19)20)1-2-7(6)21-12-11(18)10(17)9(16)8(4-15)22-12;1-6-7(2)10(5-14-9(4)13)15-11(12)8(6)3/h5-7,9-11,16-17H,8H2,1-4H3;1-3,8-12,15-18H,4H2;6-8,10-11H,5H2,1-4H3/t9-,10-,11?,16?,17+;8?,9-,10+,11?,12-;6-,7-,8?,10?,11-/m010/s1. The lowest BCUT2D eigenvalue weighted by Crippen LogP contribution is -2.60. The third kappa shape index (κ3) is 14.3. The van der Waals surface area contributed by atoms with Crippen molar-refractivity contribution in [2.45, 2.75) is 110 Å². The number of hydrogen-bond donors (Lipinski definition) is 4. The number of ether oxygens (including phenoxy) is 7. The van der Waals surface area contributed by atoms with Crippen LogP contribution in [0, 0.1) is 55.7 Å². The quantitative estimate of drug-likeness (QED) is 0.0893. The molecule has 62 heavy (non-hydrogen) atoms. The number of nitro groups is 2. The molecule has 348 valence electrons. The maximum absolute atomic E-state index is 11.1. The van der Waals surface area contributed by atoms with Gasteiger partial charge in [-0.1, -0.05) is 80.7 Å². The maximum Gasteiger partial charge on any atom is 0.302 e. The van der Waals surface area contributed by atoms with Crippen LogP contribution in [0.15, 0.2) is 36.4 Å². The van der Waals surface area contributed by atoms with Crippen molar-refractivity contribution in [1.82, 2.24) is 0 Å². The monoisotopic (exact) mass is 984 g/mol. The Morgan fingerprint density at radius 3 is 1.48 bits per heavy atom. The highest BCUT2D eigenvalue weighted by Crippen LogP contribution is 2.39. The smallest absolute Gasteiger partial charge is 0.302 e. The maximum atomic E-state index is 11.1. The van der Waals surface area contributed by atoms with Crippen molar-refractivity contribution in [2.24, 2.45) is 35.5 Å². The molecule has 2 aromatic rings. The number of nitro benzene ring substituents is 2. The Labute approximate surface area is 377 Å². The topological polar surface area (TPSA) is 266 Å². The fourth-order valence-electron chi connectivity index (χ4n) is 6.69. The number of nitrogens with zero attached hydrogens (tertiary/aromatic N) is 2. The number of hydrogen-bond acceptors (Lipinski definition) is 17. The van der Waals surface area contributed by atoms with Gasteiger partial charge in [-0.3, -0.25) is 29.8 Å². The van der Waals surface area contributed by atoms with Crippen LogP contribution < -0.4 is 9.47 Å². The molecule has 0 spiro atoms. The first-order valence-electron chi connectivity index (χ1n) is 19.7. The summed E-state index contributed by atoms with van der Waals surface area (Å²) < 4.78 is 38.1. The molecule has 3 fully saturated rings. The average Bonchev–Trinajstić information content (AvgIpc) is 3.22. The van der Waals surface area contributed by atoms with Crippen LogP contribution in [0.25, 0.3) is 0 Å². The number of esters is 2. The van der Waals surface area contributed by atoms with Crippen molar-refractivity contribution in [2.75, 3.05) is 19.8 Å². The summed E-state index contributed by atoms with van der Waals surface area (Å²) in [5, 5.41) is 59.7. The Bertz CT molecular complexity index is 1830. The van der Waals surface area contributed by atoms with E-state index in [0.29, 0.717) is 30.1 Å². The first-order valence-corrected chi connectivity index (χ1v) is 21.4. The Kier molecular flexibility index (Phi) is 20.5. The molecule has 2 aromatic carbocycles. The Balaban J connectivity index is 0.000000255. The van der Waals surface area contributed by atoms with Gasteiger partial charge in [0.1, 0.15) is 54.1 Å². The second-order valence-electron chi connectivity index (χ2n) is 15.5. The molecule has 0 saturated carbocycles. The molecule has 15 atom stereocenters. The van der Waals surface area contributed by atoms with Gasteiger partial charge in [-0.15, -0.1) is 0 Å². The van der Waals surface area contributed by atoms with Crippen LogP contribution in [0.1, 0.15) is 55.4 Å². The second kappa shape index (κ2) is 24.0. The van der Waals surface area contributed by atoms with E-state index in [1.165, 1.54) is 38.1 Å². The van der Waals surface area contributed by atoms with Crippen LogP contribution in [0.4, 0.5) is 11.4 Å². The van der Waals surface area contributed by atoms with E-state index in [2.05, 4.69) is 43.6 Å². The van der Waals surface area contributed by atoms with Crippen molar-refractivity contribution < 1.29 is 73.0 Å².